The van der Waals surface area contributed by atoms with Gasteiger partial charge < -0.3 is 49.8 Å². The Hall–Kier alpha value is -9.37. The molecule has 0 radical (unpaired) electrons. The maximum atomic E-state index is 14.6. The van der Waals surface area contributed by atoms with Crippen LogP contribution in [0.2, 0.25) is 0 Å². The predicted molar refractivity (Wildman–Crippen MR) is 266 cm³/mol. The number of carbonyl (C=O) groups is 6. The highest BCUT2D eigenvalue weighted by atomic mass is 35.5. The van der Waals surface area contributed by atoms with Gasteiger partial charge in [-0.25, -0.2) is 27.7 Å². The van der Waals surface area contributed by atoms with Gasteiger partial charge in [0.1, 0.15) is 23.8 Å². The molecule has 5 N–H and O–H groups in total. The number of rotatable bonds is 22. The number of hydrogen-bond donors (Lipinski definition) is 4. The summed E-state index contributed by atoms with van der Waals surface area (Å²) < 4.78 is 151. The number of halogens is 11. The van der Waals surface area contributed by atoms with Gasteiger partial charge in [0.25, 0.3) is 22.9 Å². The highest BCUT2D eigenvalue weighted by Crippen LogP contribution is 2.25. The molecule has 0 spiro atoms. The van der Waals surface area contributed by atoms with Gasteiger partial charge in [-0.3, -0.25) is 28.8 Å². The first-order valence-electron chi connectivity index (χ1n) is 23.8. The van der Waals surface area contributed by atoms with Crippen molar-refractivity contribution in [2.45, 2.75) is 91.0 Å². The van der Waals surface area contributed by atoms with E-state index >= 15 is 0 Å². The van der Waals surface area contributed by atoms with E-state index in [0.717, 1.165) is 61.2 Å². The van der Waals surface area contributed by atoms with Crippen LogP contribution in [-0.4, -0.2) is 112 Å². The van der Waals surface area contributed by atoms with Gasteiger partial charge >= 0.3 is 35.8 Å². The van der Waals surface area contributed by atoms with Gasteiger partial charge in [-0.05, 0) is 85.8 Å². The number of anilines is 2. The van der Waals surface area contributed by atoms with E-state index in [9.17, 15) is 82.3 Å². The average Bonchev–Trinajstić information content (AvgIpc) is 4.12. The summed E-state index contributed by atoms with van der Waals surface area (Å²) in [4.78, 5) is 91.4. The molecule has 83 heavy (non-hydrogen) atoms. The van der Waals surface area contributed by atoms with Crippen molar-refractivity contribution in [1.82, 2.24) is 49.8 Å². The number of ether oxygens (including phenoxy) is 4. The highest BCUT2D eigenvalue weighted by Gasteiger charge is 2.32. The number of aromatic nitrogens is 8. The molecule has 0 bridgehead atoms. The Morgan fingerprint density at radius 1 is 0.651 bits per heavy atom. The summed E-state index contributed by atoms with van der Waals surface area (Å²) in [5.41, 5.74) is 2.69. The van der Waals surface area contributed by atoms with Gasteiger partial charge in [0.15, 0.2) is 11.4 Å². The van der Waals surface area contributed by atoms with Crippen molar-refractivity contribution >= 4 is 57.9 Å². The van der Waals surface area contributed by atoms with Crippen LogP contribution in [0.1, 0.15) is 58.8 Å². The van der Waals surface area contributed by atoms with E-state index in [2.05, 4.69) is 50.2 Å². The van der Waals surface area contributed by atoms with Crippen LogP contribution >= 0.6 is 11.6 Å². The second-order valence-corrected chi connectivity index (χ2v) is 16.8. The lowest BCUT2D eigenvalue weighted by Crippen LogP contribution is -2.29. The number of alkyl halides is 8. The summed E-state index contributed by atoms with van der Waals surface area (Å²) >= 11 is 4.69. The van der Waals surface area contributed by atoms with Crippen molar-refractivity contribution in [1.29, 1.82) is 0 Å². The predicted octanol–water partition coefficient (Wildman–Crippen LogP) is 5.07. The van der Waals surface area contributed by atoms with Crippen molar-refractivity contribution in [2.24, 2.45) is 0 Å². The maximum Gasteiger partial charge on any atom is 0.573 e. The van der Waals surface area contributed by atoms with Crippen molar-refractivity contribution < 1.29 is 91.6 Å². The third kappa shape index (κ3) is 22.6. The minimum atomic E-state index is -4.86. The molecule has 0 saturated heterocycles. The number of pyridine rings is 2. The minimum absolute atomic E-state index is 0.0774. The van der Waals surface area contributed by atoms with E-state index in [0.29, 0.717) is 11.1 Å². The van der Waals surface area contributed by atoms with Gasteiger partial charge in [-0.2, -0.15) is 8.78 Å². The van der Waals surface area contributed by atoms with Crippen molar-refractivity contribution in [2.75, 3.05) is 24.3 Å². The minimum Gasteiger partial charge on any atom is -0.459 e. The molecule has 4 aromatic heterocycles. The molecule has 6 rings (SSSR count). The number of nitrogens with two attached hydrogens (primary N) is 1. The molecule has 2 unspecified atom stereocenters. The average molecular weight is 1210 g/mol. The molecule has 35 heteroatoms. The van der Waals surface area contributed by atoms with E-state index in [-0.39, 0.29) is 82.4 Å². The Labute approximate surface area is 465 Å². The summed E-state index contributed by atoms with van der Waals surface area (Å²) in [5.74, 6) is -8.24. The number of amides is 3. The number of esters is 2. The van der Waals surface area contributed by atoms with Gasteiger partial charge in [0.05, 0.1) is 50.1 Å². The monoisotopic (exact) mass is 1210 g/mol. The third-order valence-corrected chi connectivity index (χ3v) is 10.4. The van der Waals surface area contributed by atoms with Gasteiger partial charge in [0.2, 0.25) is 11.6 Å². The molecule has 0 aliphatic carbocycles. The second kappa shape index (κ2) is 31.0. The van der Waals surface area contributed by atoms with Crippen LogP contribution in [-0.2, 0) is 67.9 Å². The number of benzene rings is 2. The first kappa shape index (κ1) is 66.1. The molecule has 2 atom stereocenters. The van der Waals surface area contributed by atoms with Crippen LogP contribution in [0.4, 0.5) is 55.3 Å². The molecular formula is C48H47ClF10N12O12. The van der Waals surface area contributed by atoms with E-state index in [1.165, 1.54) is 49.6 Å². The fraction of sp³-hybridized carbons (Fsp3) is 0.333. The fourth-order valence-electron chi connectivity index (χ4n) is 6.50. The number of hydrogen-bond acceptors (Lipinski definition) is 17. The SMILES string of the molecule is CCOC(=O)C(=O)Cl.CCOC(=O)C(=O)Nc1ccn(CCC(F)Cn2cc(C(=O)NCc3cccc(OC(F)(F)F)c3)nn2)c(=O)c1F.Nc1ccn(CCC(F)Cn2cc(C(=O)NCc3cccc(OC(F)(F)F)c3)nn2)c(=O)c1F. The first-order valence-corrected chi connectivity index (χ1v) is 24.2. The fourth-order valence-corrected chi connectivity index (χ4v) is 6.55. The summed E-state index contributed by atoms with van der Waals surface area (Å²) in [6.07, 6.45) is -8.46. The summed E-state index contributed by atoms with van der Waals surface area (Å²) in [7, 11) is 0. The zero-order valence-corrected chi connectivity index (χ0v) is 43.8. The lowest BCUT2D eigenvalue weighted by atomic mass is 10.2. The van der Waals surface area contributed by atoms with Crippen LogP contribution < -0.4 is 42.3 Å². The number of carbonyl (C=O) groups excluding carboxylic acids is 6. The molecule has 6 aromatic rings. The van der Waals surface area contributed by atoms with Crippen LogP contribution in [0.5, 0.6) is 11.5 Å². The molecule has 448 valence electrons. The van der Waals surface area contributed by atoms with Gasteiger partial charge in [-0.15, -0.1) is 36.5 Å². The molecule has 0 saturated carbocycles. The number of nitrogens with one attached hydrogen (secondary N) is 3. The molecular weight excluding hydrogens is 1160 g/mol. The molecule has 0 aliphatic heterocycles. The molecule has 3 amide bonds. The van der Waals surface area contributed by atoms with E-state index < -0.39 is 99.9 Å². The van der Waals surface area contributed by atoms with Gasteiger partial charge in [0, 0.05) is 38.6 Å². The quantitative estimate of drug-likeness (QED) is 0.0298. The van der Waals surface area contributed by atoms with Crippen LogP contribution in [0.25, 0.3) is 0 Å². The lowest BCUT2D eigenvalue weighted by molar-refractivity contribution is -0.275. The van der Waals surface area contributed by atoms with Crippen LogP contribution in [0.3, 0.4) is 0 Å². The van der Waals surface area contributed by atoms with Crippen molar-refractivity contribution in [3.8, 4) is 11.5 Å². The zero-order valence-electron chi connectivity index (χ0n) is 43.0. The summed E-state index contributed by atoms with van der Waals surface area (Å²) in [6, 6.07) is 12.3. The van der Waals surface area contributed by atoms with Gasteiger partial charge in [-0.1, -0.05) is 34.7 Å². The van der Waals surface area contributed by atoms with Crippen molar-refractivity contribution in [3.63, 3.8) is 0 Å². The molecule has 0 aliphatic rings. The second-order valence-electron chi connectivity index (χ2n) is 16.5. The normalized spacial score (nSPS) is 11.8. The lowest BCUT2D eigenvalue weighted by Gasteiger charge is -2.11. The Bertz CT molecular complexity index is 3340. The van der Waals surface area contributed by atoms with Crippen molar-refractivity contribution in [3.05, 3.63) is 140 Å². The molecule has 2 aromatic carbocycles. The smallest absolute Gasteiger partial charge is 0.459 e. The van der Waals surface area contributed by atoms with E-state index in [1.54, 1.807) is 6.92 Å². The van der Waals surface area contributed by atoms with Crippen LogP contribution in [0.15, 0.2) is 95.0 Å². The Balaban J connectivity index is 0.000000319. The van der Waals surface area contributed by atoms with E-state index in [4.69, 9.17) is 17.3 Å². The van der Waals surface area contributed by atoms with Crippen LogP contribution in [0, 0.1) is 11.6 Å². The molecule has 4 heterocycles. The van der Waals surface area contributed by atoms with E-state index in [1.807, 2.05) is 5.32 Å². The zero-order chi connectivity index (χ0) is 61.6. The Kier molecular flexibility index (Phi) is 24.7. The summed E-state index contributed by atoms with van der Waals surface area (Å²) in [5, 5.41) is 20.4. The highest BCUT2D eigenvalue weighted by molar-refractivity contribution is 6.80. The largest absolute Gasteiger partial charge is 0.573 e. The molecule has 0 fully saturated rings. The number of nitrogen functional groups attached to an aromatic ring is 1. The first-order chi connectivity index (χ1) is 39.1. The number of nitrogens with zero attached hydrogens (tertiary/aromatic N) is 8. The Morgan fingerprint density at radius 3 is 1.51 bits per heavy atom. The third-order valence-electron chi connectivity index (χ3n) is 10.2. The topological polar surface area (TPSA) is 307 Å². The number of aryl methyl sites for hydroxylation is 2. The standard InChI is InChI=1S/C24H23F5N6O6.C20H19F5N6O3.C4H5ClO3/c1-2-40-23(39)21(37)31-17-7-9-34(22(38)19(17)26)8-6-15(25)12-35-13-18(32-33-35)20(36)30-11-14-4-3-5-16(10-14)41-24(27,28)29;21-13(4-6-30-7-5-15(26)17(22)19(30)33)10-31-11-16(28-29-31)18(32)27-9-12-2-1-3-14(8-12)34-20(23,24)25;1-2-8-4(7)3(5)6/h3-5,7,9-10,13,15H,2,6,8,11-12H2,1H3,(H,30,36)(H,31,37);1-3,5,7-8,11,13H,4,6,9-10,26H2,(H,27,32);2H2,1H3. The summed E-state index contributed by atoms with van der Waals surface area (Å²) in [6.45, 7) is 1.92. The maximum absolute atomic E-state index is 14.6. The Morgan fingerprint density at radius 2 is 1.08 bits per heavy atom. The molecule has 24 nitrogen and oxygen atoms in total.